The number of halogens is 4. The van der Waals surface area contributed by atoms with E-state index in [-0.39, 0.29) is 36.1 Å². The first kappa shape index (κ1) is 47.2. The summed E-state index contributed by atoms with van der Waals surface area (Å²) < 4.78 is 11.4. The van der Waals surface area contributed by atoms with Crippen molar-refractivity contribution in [1.29, 1.82) is 0 Å². The number of hydrogen-bond acceptors (Lipinski definition) is 0. The molecule has 0 spiro atoms. The van der Waals surface area contributed by atoms with Crippen molar-refractivity contribution in [1.82, 2.24) is 0 Å². The van der Waals surface area contributed by atoms with Crippen molar-refractivity contribution in [2.75, 3.05) is 0 Å². The second-order valence-electron chi connectivity index (χ2n) is 19.0. The molecule has 2 aliphatic carbocycles. The molecule has 6 aromatic rings. The molecule has 0 aliphatic heterocycles. The molecule has 0 heterocycles. The van der Waals surface area contributed by atoms with Crippen LogP contribution in [0.4, 0.5) is 0 Å². The van der Waals surface area contributed by atoms with Gasteiger partial charge in [0.05, 0.1) is 0 Å². The first-order chi connectivity index (χ1) is 27.9. The molecule has 316 valence electrons. The topological polar surface area (TPSA) is 0 Å². The molecule has 0 N–H and O–H groups in total. The van der Waals surface area contributed by atoms with E-state index in [1.807, 2.05) is 12.1 Å². The van der Waals surface area contributed by atoms with E-state index >= 15 is 0 Å². The average Bonchev–Trinajstić information content (AvgIpc) is 3.76. The summed E-state index contributed by atoms with van der Waals surface area (Å²) in [6.45, 7) is 22.9. The molecule has 8 rings (SSSR count). The number of benzene rings is 6. The molecule has 6 aromatic carbocycles. The van der Waals surface area contributed by atoms with Gasteiger partial charge >= 0.3 is 367 Å². The van der Waals surface area contributed by atoms with Crippen LogP contribution in [0.2, 0.25) is 10.0 Å². The maximum absolute atomic E-state index is 7.20. The molecule has 5 heteroatoms. The molecular weight excluding hydrogens is 906 g/mol. The zero-order valence-electron chi connectivity index (χ0n) is 37.4. The Morgan fingerprint density at radius 1 is 0.639 bits per heavy atom. The van der Waals surface area contributed by atoms with E-state index in [0.29, 0.717) is 0 Å². The van der Waals surface area contributed by atoms with Crippen molar-refractivity contribution in [3.63, 3.8) is 0 Å². The number of hydrogen-bond donors (Lipinski definition) is 0. The average molecular weight is 966 g/mol. The van der Waals surface area contributed by atoms with Crippen LogP contribution in [0.1, 0.15) is 85.0 Å². The summed E-state index contributed by atoms with van der Waals surface area (Å²) in [6, 6.07) is 39.0. The van der Waals surface area contributed by atoms with Gasteiger partial charge in [-0.15, -0.1) is 24.8 Å². The molecule has 0 saturated heterocycles. The number of fused-ring (bicyclic) bond motifs is 3. The molecule has 0 nitrogen and oxygen atoms in total. The molecule has 0 saturated carbocycles. The van der Waals surface area contributed by atoms with Gasteiger partial charge in [-0.1, -0.05) is 0 Å². The minimum absolute atomic E-state index is 0. The van der Waals surface area contributed by atoms with Crippen LogP contribution in [-0.4, -0.2) is 4.21 Å². The van der Waals surface area contributed by atoms with Gasteiger partial charge < -0.3 is 0 Å². The summed E-state index contributed by atoms with van der Waals surface area (Å²) in [5, 5.41) is 1.47. The Balaban J connectivity index is 0.00000311. The van der Waals surface area contributed by atoms with E-state index in [0.717, 1.165) is 29.3 Å². The third-order valence-corrected chi connectivity index (χ3v) is 30.4. The van der Waals surface area contributed by atoms with Crippen molar-refractivity contribution in [3.8, 4) is 33.4 Å². The summed E-state index contributed by atoms with van der Waals surface area (Å²) in [5.41, 5.74) is 19.7. The van der Waals surface area contributed by atoms with E-state index in [4.69, 9.17) is 27.4 Å². The summed E-state index contributed by atoms with van der Waals surface area (Å²) in [4.78, 5) is 0. The number of allylic oxidation sites excluding steroid dienone is 4. The van der Waals surface area contributed by atoms with E-state index in [1.165, 1.54) is 96.6 Å². The Morgan fingerprint density at radius 3 is 1.66 bits per heavy atom. The van der Waals surface area contributed by atoms with Gasteiger partial charge in [0.2, 0.25) is 0 Å². The fourth-order valence-electron chi connectivity index (χ4n) is 11.3. The molecule has 0 bridgehead atoms. The van der Waals surface area contributed by atoms with E-state index < -0.39 is 18.3 Å². The monoisotopic (exact) mass is 962 g/mol. The molecule has 0 aromatic heterocycles. The van der Waals surface area contributed by atoms with Gasteiger partial charge in [-0.05, 0) is 0 Å². The Kier molecular flexibility index (Phi) is 13.4. The molecule has 0 fully saturated rings. The van der Waals surface area contributed by atoms with Crippen LogP contribution in [0.15, 0.2) is 124 Å². The van der Waals surface area contributed by atoms with E-state index in [1.54, 1.807) is 0 Å². The minimum atomic E-state index is -5.52. The summed E-state index contributed by atoms with van der Waals surface area (Å²) >= 11 is 8.87. The Labute approximate surface area is 389 Å². The van der Waals surface area contributed by atoms with Crippen molar-refractivity contribution < 1.29 is 18.3 Å². The van der Waals surface area contributed by atoms with E-state index in [2.05, 4.69) is 172 Å². The van der Waals surface area contributed by atoms with Crippen LogP contribution in [0.25, 0.3) is 33.4 Å². The van der Waals surface area contributed by atoms with Gasteiger partial charge in [0.15, 0.2) is 0 Å². The van der Waals surface area contributed by atoms with Crippen molar-refractivity contribution in [2.45, 2.75) is 88.5 Å². The third kappa shape index (κ3) is 7.78. The number of aryl methyl sites for hydroxylation is 6. The predicted octanol–water partition coefficient (Wildman–Crippen LogP) is 15.3. The molecule has 0 radical (unpaired) electrons. The standard InChI is InChI=1S/C31H29.C12H19.2C6H4Cl.CH2.2ClH.Zr/c1-18-11-20(3)30(21(4)12-18)24-7-9-28-26(15-24)17-27-16-25(8-10-29(27)28)31-22(5)13-19(2)14-23(31)6;1-5-6-10-7-8-11(9-10)12(2,3)4;2*7-6-4-2-1-3-5-6;;;;/h7-15H,17H2,1-6H3;8-10H,5-6H2,1-4H3;2*1-2,4-5H;1H2;2*1H;. The van der Waals surface area contributed by atoms with Gasteiger partial charge in [-0.25, -0.2) is 0 Å². The predicted molar refractivity (Wildman–Crippen MR) is 271 cm³/mol. The second-order valence-corrected chi connectivity index (χ2v) is 32.5. The Morgan fingerprint density at radius 2 is 1.15 bits per heavy atom. The third-order valence-electron chi connectivity index (χ3n) is 13.7. The van der Waals surface area contributed by atoms with Crippen LogP contribution >= 0.6 is 48.0 Å². The van der Waals surface area contributed by atoms with Gasteiger partial charge in [0.25, 0.3) is 0 Å². The van der Waals surface area contributed by atoms with Crippen LogP contribution in [-0.2, 0) is 24.7 Å². The van der Waals surface area contributed by atoms with Crippen molar-refractivity contribution in [3.05, 3.63) is 179 Å². The molecule has 1 atom stereocenters. The van der Waals surface area contributed by atoms with Crippen LogP contribution in [0.3, 0.4) is 0 Å². The molecule has 0 amide bonds. The van der Waals surface area contributed by atoms with Crippen LogP contribution in [0.5, 0.6) is 0 Å². The first-order valence-electron chi connectivity index (χ1n) is 21.4. The van der Waals surface area contributed by atoms with Crippen LogP contribution < -0.4 is 9.81 Å². The normalized spacial score (nSPS) is 14.7. The van der Waals surface area contributed by atoms with Gasteiger partial charge in [0.1, 0.15) is 0 Å². The number of rotatable bonds is 8. The molecular formula is C56H60Cl4Zr. The maximum atomic E-state index is 7.20. The van der Waals surface area contributed by atoms with E-state index in [9.17, 15) is 0 Å². The van der Waals surface area contributed by atoms with Crippen molar-refractivity contribution in [2.24, 2.45) is 11.3 Å². The zero-order valence-corrected chi connectivity index (χ0v) is 43.1. The van der Waals surface area contributed by atoms with Gasteiger partial charge in [0, 0.05) is 0 Å². The summed E-state index contributed by atoms with van der Waals surface area (Å²) in [7, 11) is 0. The zero-order chi connectivity index (χ0) is 42.2. The first-order valence-corrected chi connectivity index (χ1v) is 28.8. The Bertz CT molecular complexity index is 2750. The molecule has 1 unspecified atom stereocenters. The fourth-order valence-corrected chi connectivity index (χ4v) is 29.2. The van der Waals surface area contributed by atoms with Crippen molar-refractivity contribution >= 4 is 62.0 Å². The SMILES string of the molecule is Cl.Cl.[CH2]=[Zr]([C]1=CC(C(C)(C)C)=CC1CCC)([c]1cccc(Cl)c1)([c]1cccc(Cl)c1)[c]1c(-c2c(C)cc(C)cc2C)ccc2c1Cc1cc(-c3c(C)cc(C)cc3C)ccc1-2. The van der Waals surface area contributed by atoms with Crippen LogP contribution in [0, 0.1) is 52.9 Å². The molecule has 61 heavy (non-hydrogen) atoms. The molecule has 2 aliphatic rings. The summed E-state index contributed by atoms with van der Waals surface area (Å²) in [5.74, 6) is 0.210. The quantitative estimate of drug-likeness (QED) is 0.142. The van der Waals surface area contributed by atoms with Gasteiger partial charge in [-0.2, -0.15) is 0 Å². The Hall–Kier alpha value is -3.29. The van der Waals surface area contributed by atoms with Gasteiger partial charge in [-0.3, -0.25) is 0 Å². The second kappa shape index (κ2) is 17.4. The summed E-state index contributed by atoms with van der Waals surface area (Å²) in [6.07, 6.45) is 8.11. The fraction of sp³-hybridized carbons (Fsp3) is 0.268.